The second kappa shape index (κ2) is 53.8. The molecule has 0 aliphatic carbocycles. The number of carboxylic acid groups (broad SMARTS) is 2. The maximum absolute atomic E-state index is 11.5. The van der Waals surface area contributed by atoms with Gasteiger partial charge in [0, 0.05) is 112 Å². The molecule has 7 heterocycles. The predicted octanol–water partition coefficient (Wildman–Crippen LogP) is 15.2. The SMILES string of the molecule is BrBr.CC(=O)O.CCOC(CBr)OCC.COC(=O)c1nc(-c2ccccc2Cl)cnc1N.COC(=O)c1nc(Br)cnc1N.COC(=O)c1nccnc1N.Clc1ccccc1-c1cn2ccnc2c(Br)n1.Nc1ncc(-c2ccccc2Cl)nc1Br.Nc1ncc(-c2ccccc2Cl)nc1C(=O)O.OB(O)c1ccccc1Cl. The third-order valence-electron chi connectivity index (χ3n) is 13.1. The number of carboxylic acids is 2. The van der Waals surface area contributed by atoms with E-state index in [4.69, 9.17) is 121 Å². The van der Waals surface area contributed by atoms with Crippen LogP contribution in [0.4, 0.5) is 29.1 Å². The minimum absolute atomic E-state index is 0.0186. The number of alkyl halides is 1. The van der Waals surface area contributed by atoms with E-state index in [1.54, 1.807) is 79.1 Å². The zero-order valence-electron chi connectivity index (χ0n) is 60.7. The van der Waals surface area contributed by atoms with E-state index in [2.05, 4.69) is 166 Å². The van der Waals surface area contributed by atoms with E-state index in [1.165, 1.54) is 52.3 Å². The topological polar surface area (TPSA) is 502 Å². The van der Waals surface area contributed by atoms with Crippen LogP contribution in [0.3, 0.4) is 0 Å². The van der Waals surface area contributed by atoms with Crippen LogP contribution in [0.2, 0.25) is 25.1 Å². The highest BCUT2D eigenvalue weighted by Crippen LogP contribution is 2.31. The zero-order chi connectivity index (χ0) is 85.9. The number of anilines is 5. The molecule has 7 aromatic heterocycles. The number of hydrogen-bond donors (Lipinski definition) is 9. The number of hydrogen-bond acceptors (Lipinski definition) is 29. The summed E-state index contributed by atoms with van der Waals surface area (Å²) in [7, 11) is 2.29. The predicted molar refractivity (Wildman–Crippen MR) is 464 cm³/mol. The number of aliphatic carboxylic acids is 1. The van der Waals surface area contributed by atoms with Gasteiger partial charge in [-0.1, -0.05) is 165 Å². The van der Waals surface area contributed by atoms with Gasteiger partial charge in [0.2, 0.25) is 0 Å². The van der Waals surface area contributed by atoms with Crippen LogP contribution in [0.25, 0.3) is 50.7 Å². The molecular weight excluding hydrogens is 2000 g/mol. The first-order valence-corrected chi connectivity index (χ1v) is 41.0. The number of esters is 3. The number of halogens is 11. The van der Waals surface area contributed by atoms with E-state index in [0.717, 1.165) is 34.7 Å². The molecule has 12 aromatic rings. The molecule has 0 aliphatic heterocycles. The van der Waals surface area contributed by atoms with E-state index in [-0.39, 0.29) is 52.3 Å². The van der Waals surface area contributed by atoms with Crippen molar-refractivity contribution in [3.05, 3.63) is 239 Å². The molecule has 5 aromatic carbocycles. The van der Waals surface area contributed by atoms with Crippen molar-refractivity contribution in [3.63, 3.8) is 0 Å². The van der Waals surface area contributed by atoms with Gasteiger partial charge in [-0.05, 0) is 92.0 Å². The lowest BCUT2D eigenvalue weighted by atomic mass is 9.80. The molecule has 115 heavy (non-hydrogen) atoms. The molecule has 0 bridgehead atoms. The molecule has 12 rings (SSSR count). The Morgan fingerprint density at radius 2 is 0.817 bits per heavy atom. The standard InChI is InChI=1S/C12H7BrClN3.C12H10ClN3O2.C11H8ClN3O2.C10H7BrClN3.C6H6BClO2.C6H6BrN3O2.C6H13BrO2.C6H7N3O2.C2H4O2.Br2/c13-11-12-15-5-6-17(12)7-10(16-11)8-3-1-2-4-9(8)14;1-18-12(17)10-11(14)15-6-9(16-10)7-4-2-3-5-8(7)13;12-7-4-2-1-3-6(7)8-5-14-10(13)9(15-8)11(16)17;11-9-10(13)14-5-8(15-9)6-3-1-2-4-7(6)12;8-6-4-2-1-3-5(6)7(9)10;1-12-6(11)4-5(8)9-2-3(7)10-4;1-3-8-6(5-7)9-4-2;1-11-6(10)4-5(7)9-3-2-8-4;1-2(3)4;1-2/h1-7H;2-6H,1H3,(H2,14,15);1-5H,(H2,13,14)(H,16,17);1-5H,(H2,13,14);1-4,9-10H;2H,1H3,(H2,8,9);6H,3-5H2,1-2H3;2-3H,1H3,(H2,7,9);1H3,(H,3,4);. The highest BCUT2D eigenvalue weighted by atomic mass is 80.9. The van der Waals surface area contributed by atoms with Crippen molar-refractivity contribution in [1.82, 2.24) is 64.2 Å². The molecule has 44 heteroatoms. The first-order valence-electron chi connectivity index (χ1n) is 31.9. The zero-order valence-corrected chi connectivity index (χ0v) is 74.0. The Kier molecular flexibility index (Phi) is 46.7. The van der Waals surface area contributed by atoms with Gasteiger partial charge in [0.15, 0.2) is 63.8 Å². The molecule has 0 unspecified atom stereocenters. The van der Waals surface area contributed by atoms with E-state index in [9.17, 15) is 19.2 Å². The van der Waals surface area contributed by atoms with Gasteiger partial charge in [-0.15, -0.1) is 0 Å². The lowest BCUT2D eigenvalue weighted by Crippen LogP contribution is -2.30. The highest BCUT2D eigenvalue weighted by Gasteiger charge is 2.19. The maximum atomic E-state index is 11.5. The number of carbonyl (C=O) groups is 5. The molecule has 0 amide bonds. The molecule has 0 aliphatic rings. The van der Waals surface area contributed by atoms with Gasteiger partial charge >= 0.3 is 31.0 Å². The maximum Gasteiger partial charge on any atom is 0.489 e. The Balaban J connectivity index is 0.000000340. The number of fused-ring (bicyclic) bond motifs is 1. The number of rotatable bonds is 14. The highest BCUT2D eigenvalue weighted by molar-refractivity contribution is 9.93. The largest absolute Gasteiger partial charge is 0.489 e. The number of nitrogens with zero attached hydrogens (tertiary/aromatic N) is 13. The number of ether oxygens (including phenoxy) is 5. The number of imidazole rings is 1. The number of aromatic carboxylic acids is 1. The van der Waals surface area contributed by atoms with Crippen LogP contribution in [-0.2, 0) is 28.5 Å². The van der Waals surface area contributed by atoms with Crippen LogP contribution >= 0.6 is 150 Å². The quantitative estimate of drug-likeness (QED) is 0.0160. The van der Waals surface area contributed by atoms with Crippen molar-refractivity contribution in [3.8, 4) is 45.0 Å². The molecule has 14 N–H and O–H groups in total. The van der Waals surface area contributed by atoms with Gasteiger partial charge in [0.1, 0.15) is 13.8 Å². The van der Waals surface area contributed by atoms with Crippen molar-refractivity contribution in [2.24, 2.45) is 0 Å². The molecule has 32 nitrogen and oxygen atoms in total. The molecule has 0 saturated carbocycles. The fourth-order valence-electron chi connectivity index (χ4n) is 8.09. The molecule has 0 atom stereocenters. The molecule has 0 fully saturated rings. The Morgan fingerprint density at radius 1 is 0.461 bits per heavy atom. The number of nitrogen functional groups attached to an aromatic ring is 5. The van der Waals surface area contributed by atoms with Crippen molar-refractivity contribution in [1.29, 1.82) is 0 Å². The molecular formula is C71H68BBr6Cl5N18O14. The fraction of sp³-hybridized carbons (Fsp3) is 0.141. The van der Waals surface area contributed by atoms with Crippen LogP contribution in [0.5, 0.6) is 0 Å². The van der Waals surface area contributed by atoms with E-state index in [0.29, 0.717) is 91.6 Å². The number of methoxy groups -OCH3 is 3. The van der Waals surface area contributed by atoms with Gasteiger partial charge in [-0.25, -0.2) is 79.0 Å². The van der Waals surface area contributed by atoms with E-state index >= 15 is 0 Å². The average molecular weight is 2060 g/mol. The van der Waals surface area contributed by atoms with Gasteiger partial charge < -0.3 is 77.0 Å². The summed E-state index contributed by atoms with van der Waals surface area (Å²) >= 11 is 48.3. The second-order valence-electron chi connectivity index (χ2n) is 20.8. The monoisotopic (exact) mass is 2060 g/mol. The van der Waals surface area contributed by atoms with Crippen molar-refractivity contribution >= 4 is 227 Å². The Labute approximate surface area is 732 Å². The van der Waals surface area contributed by atoms with Crippen molar-refractivity contribution in [2.45, 2.75) is 27.1 Å². The summed E-state index contributed by atoms with van der Waals surface area (Å²) in [6.07, 6.45) is 14.1. The molecule has 0 spiro atoms. The van der Waals surface area contributed by atoms with E-state index < -0.39 is 37.0 Å². The summed E-state index contributed by atoms with van der Waals surface area (Å²) in [6.45, 7) is 6.40. The summed E-state index contributed by atoms with van der Waals surface area (Å²) in [5, 5.41) is 37.1. The van der Waals surface area contributed by atoms with Gasteiger partial charge in [-0.3, -0.25) is 4.79 Å². The Hall–Kier alpha value is -9.30. The average Bonchev–Trinajstić information content (AvgIpc) is 1.65. The summed E-state index contributed by atoms with van der Waals surface area (Å²) in [5.41, 5.74) is 33.5. The third kappa shape index (κ3) is 33.8. The van der Waals surface area contributed by atoms with Crippen LogP contribution in [0, 0.1) is 0 Å². The molecule has 0 saturated heterocycles. The molecule has 0 radical (unpaired) electrons. The third-order valence-corrected chi connectivity index (χ3v) is 16.8. The van der Waals surface area contributed by atoms with Gasteiger partial charge in [0.25, 0.3) is 5.97 Å². The van der Waals surface area contributed by atoms with Crippen molar-refractivity contribution < 1.29 is 67.9 Å². The smallest absolute Gasteiger partial charge is 0.481 e. The lowest BCUT2D eigenvalue weighted by molar-refractivity contribution is -0.134. The summed E-state index contributed by atoms with van der Waals surface area (Å²) < 4.78 is 27.3. The van der Waals surface area contributed by atoms with E-state index in [1.807, 2.05) is 85.2 Å². The summed E-state index contributed by atoms with van der Waals surface area (Å²) in [6, 6.07) is 35.8. The van der Waals surface area contributed by atoms with Crippen molar-refractivity contribution in [2.75, 3.05) is 68.5 Å². The number of aromatic nitrogens is 13. The number of benzene rings is 5. The first kappa shape index (κ1) is 99.9. The fourth-order valence-corrected chi connectivity index (χ4v) is 10.7. The minimum atomic E-state index is -1.48. The Morgan fingerprint density at radius 3 is 1.21 bits per heavy atom. The van der Waals surface area contributed by atoms with Gasteiger partial charge in [0.05, 0.1) is 94.3 Å². The lowest BCUT2D eigenvalue weighted by Gasteiger charge is -2.12. The summed E-state index contributed by atoms with van der Waals surface area (Å²) in [5.74, 6) is -3.43. The summed E-state index contributed by atoms with van der Waals surface area (Å²) in [4.78, 5) is 101. The van der Waals surface area contributed by atoms with Crippen LogP contribution in [-0.4, -0.2) is 168 Å². The van der Waals surface area contributed by atoms with Crippen LogP contribution < -0.4 is 34.1 Å². The van der Waals surface area contributed by atoms with Crippen LogP contribution in [0.1, 0.15) is 62.7 Å². The van der Waals surface area contributed by atoms with Gasteiger partial charge in [-0.2, -0.15) is 0 Å². The second-order valence-corrected chi connectivity index (χ2v) is 25.8. The van der Waals surface area contributed by atoms with Crippen LogP contribution in [0.15, 0.2) is 191 Å². The normalized spacial score (nSPS) is 9.84. The molecule has 606 valence electrons. The number of nitrogens with two attached hydrogens (primary N) is 5. The Bertz CT molecular complexity index is 5140. The number of carbonyl (C=O) groups excluding carboxylic acids is 3. The first-order chi connectivity index (χ1) is 54.9. The minimum Gasteiger partial charge on any atom is -0.481 e.